The second kappa shape index (κ2) is 10.8. The summed E-state index contributed by atoms with van der Waals surface area (Å²) < 4.78 is 5.59. The molecule has 0 aromatic heterocycles. The van der Waals surface area contributed by atoms with Crippen LogP contribution in [0.25, 0.3) is 10.8 Å². The van der Waals surface area contributed by atoms with E-state index >= 15 is 0 Å². The third kappa shape index (κ3) is 5.73. The van der Waals surface area contributed by atoms with Crippen molar-refractivity contribution in [1.29, 1.82) is 0 Å². The molecule has 0 aliphatic heterocycles. The first-order chi connectivity index (χ1) is 11.7. The maximum atomic E-state index is 5.59. The van der Waals surface area contributed by atoms with E-state index in [2.05, 4.69) is 30.8 Å². The Hall–Kier alpha value is -2.87. The van der Waals surface area contributed by atoms with Crippen LogP contribution in [0.3, 0.4) is 0 Å². The molecule has 0 heterocycles. The van der Waals surface area contributed by atoms with Gasteiger partial charge in [-0.1, -0.05) is 76.1 Å². The Kier molecular flexibility index (Phi) is 8.62. The number of ether oxygens (including phenoxy) is 1. The number of benzene rings is 2. The van der Waals surface area contributed by atoms with Crippen LogP contribution in [0.5, 0.6) is 5.75 Å². The molecule has 0 unspecified atom stereocenters. The van der Waals surface area contributed by atoms with E-state index in [0.717, 1.165) is 27.8 Å². The molecule has 0 spiro atoms. The third-order valence-corrected chi connectivity index (χ3v) is 3.01. The lowest BCUT2D eigenvalue weighted by Gasteiger charge is -2.06. The first kappa shape index (κ1) is 19.2. The van der Waals surface area contributed by atoms with E-state index in [1.807, 2.05) is 56.3 Å². The third-order valence-electron chi connectivity index (χ3n) is 3.01. The van der Waals surface area contributed by atoms with Gasteiger partial charge in [-0.05, 0) is 29.2 Å². The molecule has 124 valence electrons. The fraction of sp³-hybridized carbons (Fsp3) is 0.136. The Labute approximate surface area is 145 Å². The number of aliphatic imine (C=N–C) groups is 1. The lowest BCUT2D eigenvalue weighted by molar-refractivity contribution is 0.364. The first-order valence-corrected chi connectivity index (χ1v) is 8.03. The molecule has 0 N–H and O–H groups in total. The fourth-order valence-electron chi connectivity index (χ4n) is 1.98. The van der Waals surface area contributed by atoms with Crippen molar-refractivity contribution in [1.82, 2.24) is 0 Å². The van der Waals surface area contributed by atoms with Gasteiger partial charge in [0, 0.05) is 11.6 Å². The maximum Gasteiger partial charge on any atom is 0.120 e. The van der Waals surface area contributed by atoms with Crippen LogP contribution in [0.4, 0.5) is 5.69 Å². The van der Waals surface area contributed by atoms with E-state index in [0.29, 0.717) is 6.61 Å². The Morgan fingerprint density at radius 2 is 1.96 bits per heavy atom. The zero-order valence-electron chi connectivity index (χ0n) is 14.5. The summed E-state index contributed by atoms with van der Waals surface area (Å²) in [6.45, 7) is 15.7. The van der Waals surface area contributed by atoms with Gasteiger partial charge in [0.2, 0.25) is 0 Å². The molecule has 24 heavy (non-hydrogen) atoms. The zero-order valence-corrected chi connectivity index (χ0v) is 14.5. The smallest absolute Gasteiger partial charge is 0.120 e. The van der Waals surface area contributed by atoms with Crippen LogP contribution in [0.1, 0.15) is 13.8 Å². The number of hydrogen-bond donors (Lipinski definition) is 0. The highest BCUT2D eigenvalue weighted by atomic mass is 16.5. The van der Waals surface area contributed by atoms with Crippen LogP contribution >= 0.6 is 0 Å². The van der Waals surface area contributed by atoms with Crippen molar-refractivity contribution in [3.05, 3.63) is 86.0 Å². The normalized spacial score (nSPS) is 10.4. The van der Waals surface area contributed by atoms with E-state index in [1.54, 1.807) is 18.4 Å². The summed E-state index contributed by atoms with van der Waals surface area (Å²) in [4.78, 5) is 4.52. The van der Waals surface area contributed by atoms with Gasteiger partial charge in [0.05, 0.1) is 5.69 Å². The van der Waals surface area contributed by atoms with Crippen LogP contribution in [0, 0.1) is 0 Å². The summed E-state index contributed by atoms with van der Waals surface area (Å²) in [5.41, 5.74) is 1.70. The van der Waals surface area contributed by atoms with Gasteiger partial charge in [-0.3, -0.25) is 4.99 Å². The summed E-state index contributed by atoms with van der Waals surface area (Å²) in [7, 11) is 0. The fourth-order valence-corrected chi connectivity index (χ4v) is 1.98. The predicted molar refractivity (Wildman–Crippen MR) is 108 cm³/mol. The van der Waals surface area contributed by atoms with E-state index in [9.17, 15) is 0 Å². The Morgan fingerprint density at radius 1 is 1.17 bits per heavy atom. The summed E-state index contributed by atoms with van der Waals surface area (Å²) in [5, 5.41) is 2.16. The van der Waals surface area contributed by atoms with Crippen molar-refractivity contribution in [2.45, 2.75) is 13.8 Å². The van der Waals surface area contributed by atoms with Crippen molar-refractivity contribution in [3.63, 3.8) is 0 Å². The molecule has 2 nitrogen and oxygen atoms in total. The molecule has 2 aromatic rings. The molecule has 0 amide bonds. The van der Waals surface area contributed by atoms with Gasteiger partial charge in [-0.15, -0.1) is 0 Å². The number of fused-ring (bicyclic) bond motifs is 1. The summed E-state index contributed by atoms with van der Waals surface area (Å²) >= 11 is 0. The molecule has 0 bridgehead atoms. The van der Waals surface area contributed by atoms with Gasteiger partial charge >= 0.3 is 0 Å². The molecule has 0 fully saturated rings. The van der Waals surface area contributed by atoms with Gasteiger partial charge in [0.1, 0.15) is 12.4 Å². The minimum Gasteiger partial charge on any atom is -0.490 e. The molecule has 0 aliphatic rings. The lowest BCUT2D eigenvalue weighted by atomic mass is 10.1. The summed E-state index contributed by atoms with van der Waals surface area (Å²) in [6.07, 6.45) is 8.87. The largest absolute Gasteiger partial charge is 0.490 e. The molecule has 2 aromatic carbocycles. The average molecular weight is 319 g/mol. The topological polar surface area (TPSA) is 21.6 Å². The van der Waals surface area contributed by atoms with Gasteiger partial charge in [0.25, 0.3) is 0 Å². The Bertz CT molecular complexity index is 754. The number of nitrogens with zero attached hydrogens (tertiary/aromatic N) is 1. The van der Waals surface area contributed by atoms with Crippen LogP contribution in [0.2, 0.25) is 0 Å². The Morgan fingerprint density at radius 3 is 2.67 bits per heavy atom. The number of hydrogen-bond acceptors (Lipinski definition) is 2. The quantitative estimate of drug-likeness (QED) is 0.327. The number of rotatable bonds is 7. The maximum absolute atomic E-state index is 5.59. The molecular weight excluding hydrogens is 294 g/mol. The van der Waals surface area contributed by atoms with Crippen LogP contribution in [-0.2, 0) is 0 Å². The van der Waals surface area contributed by atoms with Crippen LogP contribution in [0.15, 0.2) is 91.0 Å². The highest BCUT2D eigenvalue weighted by molar-refractivity contribution is 5.96. The lowest BCUT2D eigenvalue weighted by Crippen LogP contribution is -1.92. The standard InChI is InChI=1S/C20H19NO.C2H6/c1-4-6-8-16(3)15-21-20-10-7-9-17-11-12-18(14-19(17)20)22-13-5-2;1-2/h4-12,14-15H,1-3,13H2;1-2H3/b8-6-,21-15?;. The molecule has 0 saturated carbocycles. The van der Waals surface area contributed by atoms with Gasteiger partial charge in [-0.2, -0.15) is 0 Å². The van der Waals surface area contributed by atoms with Crippen molar-refractivity contribution >= 4 is 22.7 Å². The van der Waals surface area contributed by atoms with Gasteiger partial charge in [-0.25, -0.2) is 0 Å². The molecule has 0 atom stereocenters. The van der Waals surface area contributed by atoms with Crippen molar-refractivity contribution in [2.24, 2.45) is 4.99 Å². The summed E-state index contributed by atoms with van der Waals surface area (Å²) in [6, 6.07) is 12.0. The summed E-state index contributed by atoms with van der Waals surface area (Å²) in [5.74, 6) is 0.806. The van der Waals surface area contributed by atoms with Crippen molar-refractivity contribution in [3.8, 4) is 5.75 Å². The first-order valence-electron chi connectivity index (χ1n) is 8.03. The van der Waals surface area contributed by atoms with E-state index in [1.165, 1.54) is 0 Å². The van der Waals surface area contributed by atoms with E-state index < -0.39 is 0 Å². The average Bonchev–Trinajstić information content (AvgIpc) is 2.64. The second-order valence-corrected chi connectivity index (χ2v) is 4.69. The molecule has 2 rings (SSSR count). The predicted octanol–water partition coefficient (Wildman–Crippen LogP) is 6.43. The highest BCUT2D eigenvalue weighted by Gasteiger charge is 2.01. The minimum absolute atomic E-state index is 0.486. The van der Waals surface area contributed by atoms with Crippen molar-refractivity contribution < 1.29 is 4.74 Å². The Balaban J connectivity index is 0.00000139. The van der Waals surface area contributed by atoms with Crippen LogP contribution in [-0.4, -0.2) is 12.8 Å². The van der Waals surface area contributed by atoms with E-state index in [-0.39, 0.29) is 0 Å². The molecule has 2 heteroatoms. The molecule has 0 aliphatic carbocycles. The van der Waals surface area contributed by atoms with E-state index in [4.69, 9.17) is 4.74 Å². The van der Waals surface area contributed by atoms with Crippen molar-refractivity contribution in [2.75, 3.05) is 6.61 Å². The number of allylic oxidation sites excluding steroid dienone is 4. The SMILES string of the molecule is C=C/C=C\C(=C)C=Nc1cccc2ccc(OCC=C)cc12.CC. The van der Waals surface area contributed by atoms with Crippen LogP contribution < -0.4 is 4.74 Å². The monoisotopic (exact) mass is 319 g/mol. The zero-order chi connectivity index (χ0) is 17.8. The minimum atomic E-state index is 0.486. The molecule has 0 radical (unpaired) electrons. The molecule has 0 saturated heterocycles. The highest BCUT2D eigenvalue weighted by Crippen LogP contribution is 2.29. The van der Waals surface area contributed by atoms with Gasteiger partial charge in [0.15, 0.2) is 0 Å². The second-order valence-electron chi connectivity index (χ2n) is 4.69. The molecular formula is C22H25NO. The van der Waals surface area contributed by atoms with Gasteiger partial charge < -0.3 is 4.74 Å².